The summed E-state index contributed by atoms with van der Waals surface area (Å²) in [6, 6.07) is 2.20. The predicted molar refractivity (Wildman–Crippen MR) is 92.3 cm³/mol. The minimum Gasteiger partial charge on any atom is -0.348 e. The van der Waals surface area contributed by atoms with Crippen LogP contribution >= 0.6 is 43.2 Å². The lowest BCUT2D eigenvalue weighted by Gasteiger charge is -2.37. The molecule has 0 radical (unpaired) electrons. The van der Waals surface area contributed by atoms with Gasteiger partial charge in [0.2, 0.25) is 0 Å². The Morgan fingerprint density at radius 1 is 1.40 bits per heavy atom. The van der Waals surface area contributed by atoms with Crippen LogP contribution in [0.1, 0.15) is 49.7 Å². The van der Waals surface area contributed by atoms with Crippen molar-refractivity contribution in [1.82, 2.24) is 5.32 Å². The van der Waals surface area contributed by atoms with Gasteiger partial charge in [0, 0.05) is 10.5 Å². The van der Waals surface area contributed by atoms with Gasteiger partial charge in [0.1, 0.15) is 0 Å². The predicted octanol–water partition coefficient (Wildman–Crippen LogP) is 5.46. The lowest BCUT2D eigenvalue weighted by molar-refractivity contribution is 0.0872. The summed E-state index contributed by atoms with van der Waals surface area (Å²) >= 11 is 8.36. The molecule has 1 fully saturated rings. The first kappa shape index (κ1) is 16.5. The Bertz CT molecular complexity index is 467. The minimum atomic E-state index is 0.0613. The van der Waals surface area contributed by atoms with Crippen LogP contribution in [0.15, 0.2) is 14.3 Å². The summed E-state index contributed by atoms with van der Waals surface area (Å²) in [5, 5.41) is 3.27. The van der Waals surface area contributed by atoms with Crippen molar-refractivity contribution in [2.75, 3.05) is 0 Å². The van der Waals surface area contributed by atoms with Gasteiger partial charge in [0.05, 0.1) is 8.66 Å². The molecule has 1 aromatic heterocycles. The third-order valence-electron chi connectivity index (χ3n) is 4.21. The quantitative estimate of drug-likeness (QED) is 0.687. The molecule has 0 bridgehead atoms. The Kier molecular flexibility index (Phi) is 5.71. The second-order valence-corrected chi connectivity index (χ2v) is 9.36. The largest absolute Gasteiger partial charge is 0.348 e. The van der Waals surface area contributed by atoms with Gasteiger partial charge in [-0.05, 0) is 68.5 Å². The number of hydrogen-bond donors (Lipinski definition) is 1. The number of rotatable bonds is 3. The van der Waals surface area contributed by atoms with Crippen molar-refractivity contribution in [1.29, 1.82) is 0 Å². The molecular weight excluding hydrogens is 402 g/mol. The smallest absolute Gasteiger partial charge is 0.261 e. The monoisotopic (exact) mass is 421 g/mol. The van der Waals surface area contributed by atoms with Crippen LogP contribution in [0.3, 0.4) is 0 Å². The highest BCUT2D eigenvalue weighted by molar-refractivity contribution is 9.13. The van der Waals surface area contributed by atoms with Crippen LogP contribution < -0.4 is 5.32 Å². The zero-order chi connectivity index (χ0) is 14.9. The summed E-state index contributed by atoms with van der Waals surface area (Å²) < 4.78 is 1.92. The molecule has 1 aliphatic rings. The molecule has 112 valence electrons. The Morgan fingerprint density at radius 3 is 2.65 bits per heavy atom. The maximum atomic E-state index is 12.4. The third-order valence-corrected chi connectivity index (χ3v) is 7.46. The lowest BCUT2D eigenvalue weighted by atomic mass is 9.74. The summed E-state index contributed by atoms with van der Waals surface area (Å²) in [7, 11) is 0. The highest BCUT2D eigenvalue weighted by Gasteiger charge is 2.32. The van der Waals surface area contributed by atoms with E-state index in [0.717, 1.165) is 19.6 Å². The molecule has 1 saturated carbocycles. The Morgan fingerprint density at radius 2 is 2.10 bits per heavy atom. The van der Waals surface area contributed by atoms with E-state index < -0.39 is 0 Å². The van der Waals surface area contributed by atoms with Gasteiger partial charge in [-0.1, -0.05) is 27.2 Å². The molecule has 0 spiro atoms. The molecule has 2 nitrogen and oxygen atoms in total. The third kappa shape index (κ3) is 3.86. The number of carbonyl (C=O) groups excluding carboxylic acids is 1. The molecule has 2 rings (SSSR count). The van der Waals surface area contributed by atoms with Crippen LogP contribution in [-0.2, 0) is 0 Å². The second-order valence-electron chi connectivity index (χ2n) is 6.14. The normalized spacial score (nSPS) is 26.8. The molecule has 1 N–H and O–H groups in total. The average Bonchev–Trinajstić information content (AvgIpc) is 2.69. The molecule has 1 amide bonds. The van der Waals surface area contributed by atoms with Gasteiger partial charge in [-0.15, -0.1) is 11.3 Å². The Labute approximate surface area is 142 Å². The van der Waals surface area contributed by atoms with E-state index in [1.165, 1.54) is 24.2 Å². The molecule has 3 atom stereocenters. The zero-order valence-electron chi connectivity index (χ0n) is 12.1. The molecule has 20 heavy (non-hydrogen) atoms. The van der Waals surface area contributed by atoms with E-state index in [0.29, 0.717) is 23.8 Å². The van der Waals surface area contributed by atoms with E-state index in [2.05, 4.69) is 57.9 Å². The number of amides is 1. The van der Waals surface area contributed by atoms with Gasteiger partial charge in [-0.2, -0.15) is 0 Å². The second kappa shape index (κ2) is 6.93. The first-order valence-electron chi connectivity index (χ1n) is 7.14. The van der Waals surface area contributed by atoms with E-state index >= 15 is 0 Å². The number of carbonyl (C=O) groups is 1. The van der Waals surface area contributed by atoms with Crippen LogP contribution in [0.5, 0.6) is 0 Å². The molecule has 1 aliphatic carbocycles. The number of nitrogens with one attached hydrogen (secondary N) is 1. The van der Waals surface area contributed by atoms with Gasteiger partial charge in [0.15, 0.2) is 0 Å². The van der Waals surface area contributed by atoms with Crippen molar-refractivity contribution in [3.05, 3.63) is 19.2 Å². The van der Waals surface area contributed by atoms with E-state index in [1.54, 1.807) is 0 Å². The van der Waals surface area contributed by atoms with Crippen molar-refractivity contribution in [3.63, 3.8) is 0 Å². The number of thiophene rings is 1. The fourth-order valence-corrected chi connectivity index (χ4v) is 5.00. The Balaban J connectivity index is 2.07. The van der Waals surface area contributed by atoms with Crippen LogP contribution in [0.4, 0.5) is 0 Å². The van der Waals surface area contributed by atoms with Gasteiger partial charge < -0.3 is 5.32 Å². The average molecular weight is 423 g/mol. The van der Waals surface area contributed by atoms with Crippen molar-refractivity contribution in [2.24, 2.45) is 17.8 Å². The van der Waals surface area contributed by atoms with E-state index in [9.17, 15) is 4.79 Å². The zero-order valence-corrected chi connectivity index (χ0v) is 16.1. The summed E-state index contributed by atoms with van der Waals surface area (Å²) in [5.41, 5.74) is 0. The van der Waals surface area contributed by atoms with Crippen LogP contribution in [0.25, 0.3) is 0 Å². The van der Waals surface area contributed by atoms with Crippen molar-refractivity contribution in [3.8, 4) is 0 Å². The number of halogens is 2. The van der Waals surface area contributed by atoms with E-state index in [4.69, 9.17) is 0 Å². The first-order valence-corrected chi connectivity index (χ1v) is 9.54. The highest BCUT2D eigenvalue weighted by atomic mass is 79.9. The maximum Gasteiger partial charge on any atom is 0.261 e. The van der Waals surface area contributed by atoms with E-state index in [1.807, 2.05) is 6.07 Å². The van der Waals surface area contributed by atoms with Crippen molar-refractivity contribution >= 4 is 49.1 Å². The fraction of sp³-hybridized carbons (Fsp3) is 0.667. The van der Waals surface area contributed by atoms with Gasteiger partial charge in [-0.3, -0.25) is 4.79 Å². The summed E-state index contributed by atoms with van der Waals surface area (Å²) in [6.07, 6.45) is 3.61. The fourth-order valence-electron chi connectivity index (χ4n) is 3.07. The molecular formula is C15H21Br2NOS. The van der Waals surface area contributed by atoms with Gasteiger partial charge in [0.25, 0.3) is 5.91 Å². The molecule has 0 aliphatic heterocycles. The highest BCUT2D eigenvalue weighted by Crippen LogP contribution is 2.35. The maximum absolute atomic E-state index is 12.4. The number of hydrogen-bond acceptors (Lipinski definition) is 2. The van der Waals surface area contributed by atoms with Crippen molar-refractivity contribution in [2.45, 2.75) is 46.1 Å². The standard InChI is InChI=1S/C15H21Br2NOS/c1-8(2)10-5-4-9(3)6-12(10)18-15(19)13-7-11(16)14(17)20-13/h7-10,12H,4-6H2,1-3H3,(H,18,19). The lowest BCUT2D eigenvalue weighted by Crippen LogP contribution is -2.45. The Hall–Kier alpha value is 0.130. The molecule has 0 saturated heterocycles. The molecule has 5 heteroatoms. The topological polar surface area (TPSA) is 29.1 Å². The van der Waals surface area contributed by atoms with Gasteiger partial charge in [-0.25, -0.2) is 0 Å². The van der Waals surface area contributed by atoms with Crippen LogP contribution in [0.2, 0.25) is 0 Å². The minimum absolute atomic E-state index is 0.0613. The summed E-state index contributed by atoms with van der Waals surface area (Å²) in [6.45, 7) is 6.81. The van der Waals surface area contributed by atoms with E-state index in [-0.39, 0.29) is 5.91 Å². The molecule has 3 unspecified atom stereocenters. The molecule has 1 heterocycles. The molecule has 0 aromatic carbocycles. The SMILES string of the molecule is CC1CCC(C(C)C)C(NC(=O)c2cc(Br)c(Br)s2)C1. The summed E-state index contributed by atoms with van der Waals surface area (Å²) in [4.78, 5) is 13.2. The van der Waals surface area contributed by atoms with Gasteiger partial charge >= 0.3 is 0 Å². The van der Waals surface area contributed by atoms with Crippen LogP contribution in [0, 0.1) is 17.8 Å². The summed E-state index contributed by atoms with van der Waals surface area (Å²) in [5.74, 6) is 1.99. The first-order chi connectivity index (χ1) is 9.38. The van der Waals surface area contributed by atoms with Crippen LogP contribution in [-0.4, -0.2) is 11.9 Å². The van der Waals surface area contributed by atoms with Crippen molar-refractivity contribution < 1.29 is 4.79 Å². The molecule has 1 aromatic rings.